The summed E-state index contributed by atoms with van der Waals surface area (Å²) in [5, 5.41) is 7.81. The SMILES string of the molecule is CCN1CCC[C@H](NC(=O)Cn2nc(C3CCC3)c(-c3cccc(C)c3)cc2=O)C1. The normalized spacial score (nSPS) is 20.0. The van der Waals surface area contributed by atoms with Gasteiger partial charge in [0.1, 0.15) is 6.54 Å². The molecule has 1 saturated heterocycles. The summed E-state index contributed by atoms with van der Waals surface area (Å²) in [5.74, 6) is 0.238. The molecule has 2 heterocycles. The summed E-state index contributed by atoms with van der Waals surface area (Å²) in [6.45, 7) is 7.15. The fraction of sp³-hybridized carbons (Fsp3) is 0.542. The lowest BCUT2D eigenvalue weighted by atomic mass is 9.80. The third-order valence-electron chi connectivity index (χ3n) is 6.46. The molecule has 1 amide bonds. The van der Waals surface area contributed by atoms with Crippen LogP contribution in [0.4, 0.5) is 0 Å². The molecule has 0 unspecified atom stereocenters. The third-order valence-corrected chi connectivity index (χ3v) is 6.46. The van der Waals surface area contributed by atoms with E-state index in [9.17, 15) is 9.59 Å². The molecule has 1 aromatic carbocycles. The van der Waals surface area contributed by atoms with Crippen LogP contribution in [0.5, 0.6) is 0 Å². The van der Waals surface area contributed by atoms with Gasteiger partial charge in [-0.25, -0.2) is 4.68 Å². The van der Waals surface area contributed by atoms with Crippen molar-refractivity contribution in [3.63, 3.8) is 0 Å². The van der Waals surface area contributed by atoms with Crippen molar-refractivity contribution in [2.75, 3.05) is 19.6 Å². The van der Waals surface area contributed by atoms with Crippen LogP contribution in [0.1, 0.15) is 56.2 Å². The van der Waals surface area contributed by atoms with E-state index >= 15 is 0 Å². The minimum absolute atomic E-state index is 0.0186. The molecule has 1 atom stereocenters. The molecule has 0 bridgehead atoms. The number of aromatic nitrogens is 2. The van der Waals surface area contributed by atoms with Gasteiger partial charge in [0.25, 0.3) is 5.56 Å². The molecule has 160 valence electrons. The Morgan fingerprint density at radius 3 is 2.73 bits per heavy atom. The number of nitrogens with one attached hydrogen (secondary N) is 1. The molecule has 1 aromatic heterocycles. The summed E-state index contributed by atoms with van der Waals surface area (Å²) < 4.78 is 1.35. The Morgan fingerprint density at radius 2 is 2.03 bits per heavy atom. The quantitative estimate of drug-likeness (QED) is 0.798. The molecule has 2 aromatic rings. The first-order valence-electron chi connectivity index (χ1n) is 11.2. The predicted molar refractivity (Wildman–Crippen MR) is 119 cm³/mol. The number of hydrogen-bond donors (Lipinski definition) is 1. The lowest BCUT2D eigenvalue weighted by Gasteiger charge is -2.32. The fourth-order valence-corrected chi connectivity index (χ4v) is 4.52. The minimum atomic E-state index is -0.219. The minimum Gasteiger partial charge on any atom is -0.350 e. The van der Waals surface area contributed by atoms with E-state index in [1.54, 1.807) is 6.07 Å². The van der Waals surface area contributed by atoms with E-state index in [1.807, 2.05) is 12.1 Å². The zero-order chi connectivity index (χ0) is 21.1. The van der Waals surface area contributed by atoms with E-state index in [0.29, 0.717) is 5.92 Å². The number of piperidine rings is 1. The molecular formula is C24H32N4O2. The standard InChI is InChI=1S/C24H32N4O2/c1-3-27-12-6-11-20(15-27)25-22(29)16-28-23(30)14-21(19-10-4-7-17(2)13-19)24(26-28)18-8-5-9-18/h4,7,10,13-14,18,20H,3,5-6,8-9,11-12,15-16H2,1-2H3,(H,25,29)/t20-/m0/s1. The van der Waals surface area contributed by atoms with Gasteiger partial charge >= 0.3 is 0 Å². The van der Waals surface area contributed by atoms with Crippen LogP contribution in [0.15, 0.2) is 35.1 Å². The Morgan fingerprint density at radius 1 is 1.20 bits per heavy atom. The molecule has 1 aliphatic carbocycles. The molecule has 2 aliphatic rings. The van der Waals surface area contributed by atoms with Crippen molar-refractivity contribution < 1.29 is 4.79 Å². The second kappa shape index (κ2) is 9.13. The van der Waals surface area contributed by atoms with Gasteiger partial charge in [-0.1, -0.05) is 43.2 Å². The highest BCUT2D eigenvalue weighted by molar-refractivity contribution is 5.76. The first-order chi connectivity index (χ1) is 14.5. The highest BCUT2D eigenvalue weighted by atomic mass is 16.2. The molecule has 1 aliphatic heterocycles. The summed E-state index contributed by atoms with van der Waals surface area (Å²) in [7, 11) is 0. The fourth-order valence-electron chi connectivity index (χ4n) is 4.52. The molecule has 6 heteroatoms. The van der Waals surface area contributed by atoms with Gasteiger partial charge in [-0.3, -0.25) is 9.59 Å². The van der Waals surface area contributed by atoms with E-state index < -0.39 is 0 Å². The van der Waals surface area contributed by atoms with Gasteiger partial charge in [-0.05, 0) is 51.3 Å². The zero-order valence-corrected chi connectivity index (χ0v) is 18.1. The van der Waals surface area contributed by atoms with Gasteiger partial charge in [0.2, 0.25) is 5.91 Å². The third kappa shape index (κ3) is 4.64. The van der Waals surface area contributed by atoms with E-state index in [2.05, 4.69) is 36.2 Å². The summed E-state index contributed by atoms with van der Waals surface area (Å²) in [6, 6.07) is 10.0. The Bertz CT molecular complexity index is 964. The van der Waals surface area contributed by atoms with Crippen LogP contribution in [0.2, 0.25) is 0 Å². The van der Waals surface area contributed by atoms with Gasteiger partial charge in [0.15, 0.2) is 0 Å². The molecule has 4 rings (SSSR count). The van der Waals surface area contributed by atoms with E-state index in [1.165, 1.54) is 11.1 Å². The largest absolute Gasteiger partial charge is 0.350 e. The summed E-state index contributed by atoms with van der Waals surface area (Å²) in [5.41, 5.74) is 3.83. The maximum Gasteiger partial charge on any atom is 0.267 e. The number of likely N-dealkylation sites (N-methyl/N-ethyl adjacent to an activating group) is 1. The highest BCUT2D eigenvalue weighted by Gasteiger charge is 2.26. The van der Waals surface area contributed by atoms with Crippen LogP contribution >= 0.6 is 0 Å². The Kier molecular flexibility index (Phi) is 6.32. The van der Waals surface area contributed by atoms with Crippen molar-refractivity contribution in [2.24, 2.45) is 0 Å². The van der Waals surface area contributed by atoms with Crippen molar-refractivity contribution in [3.05, 3.63) is 51.9 Å². The van der Waals surface area contributed by atoms with Gasteiger partial charge in [-0.15, -0.1) is 0 Å². The number of rotatable bonds is 6. The second-order valence-corrected chi connectivity index (χ2v) is 8.74. The molecule has 1 N–H and O–H groups in total. The van der Waals surface area contributed by atoms with Crippen molar-refractivity contribution in [3.8, 4) is 11.1 Å². The monoisotopic (exact) mass is 408 g/mol. The number of nitrogens with zero attached hydrogens (tertiary/aromatic N) is 3. The van der Waals surface area contributed by atoms with Crippen LogP contribution in [0, 0.1) is 6.92 Å². The van der Waals surface area contributed by atoms with Crippen LogP contribution in [0.3, 0.4) is 0 Å². The molecular weight excluding hydrogens is 376 g/mol. The molecule has 0 radical (unpaired) electrons. The number of benzene rings is 1. The van der Waals surface area contributed by atoms with Crippen LogP contribution in [-0.2, 0) is 11.3 Å². The highest BCUT2D eigenvalue weighted by Crippen LogP contribution is 2.39. The zero-order valence-electron chi connectivity index (χ0n) is 18.1. The molecule has 6 nitrogen and oxygen atoms in total. The molecule has 0 spiro atoms. The lowest BCUT2D eigenvalue weighted by molar-refractivity contribution is -0.123. The number of aryl methyl sites for hydroxylation is 1. The number of carbonyl (C=O) groups excluding carboxylic acids is 1. The second-order valence-electron chi connectivity index (χ2n) is 8.74. The number of hydrogen-bond acceptors (Lipinski definition) is 4. The molecule has 30 heavy (non-hydrogen) atoms. The average molecular weight is 409 g/mol. The molecule has 2 fully saturated rings. The van der Waals surface area contributed by atoms with Crippen LogP contribution in [0.25, 0.3) is 11.1 Å². The van der Waals surface area contributed by atoms with Crippen molar-refractivity contribution >= 4 is 5.91 Å². The van der Waals surface area contributed by atoms with Gasteiger partial charge < -0.3 is 10.2 Å². The Balaban J connectivity index is 1.55. The molecule has 1 saturated carbocycles. The van der Waals surface area contributed by atoms with E-state index in [-0.39, 0.29) is 24.1 Å². The maximum atomic E-state index is 12.8. The predicted octanol–water partition coefficient (Wildman–Crippen LogP) is 3.09. The van der Waals surface area contributed by atoms with Crippen LogP contribution in [-0.4, -0.2) is 46.3 Å². The summed E-state index contributed by atoms with van der Waals surface area (Å²) >= 11 is 0. The van der Waals surface area contributed by atoms with E-state index in [0.717, 1.165) is 67.7 Å². The van der Waals surface area contributed by atoms with Crippen molar-refractivity contribution in [1.29, 1.82) is 0 Å². The number of carbonyl (C=O) groups is 1. The average Bonchev–Trinajstić information content (AvgIpc) is 2.69. The maximum absolute atomic E-state index is 12.8. The summed E-state index contributed by atoms with van der Waals surface area (Å²) in [4.78, 5) is 27.8. The first kappa shape index (κ1) is 20.8. The summed E-state index contributed by atoms with van der Waals surface area (Å²) in [6.07, 6.45) is 5.45. The number of likely N-dealkylation sites (tertiary alicyclic amines) is 1. The topological polar surface area (TPSA) is 67.2 Å². The Hall–Kier alpha value is -2.47. The van der Waals surface area contributed by atoms with Crippen molar-refractivity contribution in [1.82, 2.24) is 20.0 Å². The smallest absolute Gasteiger partial charge is 0.267 e. The van der Waals surface area contributed by atoms with Gasteiger partial charge in [0.05, 0.1) is 5.69 Å². The lowest BCUT2D eigenvalue weighted by Crippen LogP contribution is -2.48. The van der Waals surface area contributed by atoms with Gasteiger partial charge in [-0.2, -0.15) is 5.10 Å². The van der Waals surface area contributed by atoms with Crippen LogP contribution < -0.4 is 10.9 Å². The first-order valence-corrected chi connectivity index (χ1v) is 11.2. The van der Waals surface area contributed by atoms with E-state index in [4.69, 9.17) is 5.10 Å². The number of amides is 1. The Labute approximate surface area is 178 Å². The van der Waals surface area contributed by atoms with Gasteiger partial charge in [0, 0.05) is 30.1 Å². The van der Waals surface area contributed by atoms with Crippen molar-refractivity contribution in [2.45, 2.75) is 64.5 Å².